The maximum Gasteiger partial charge on any atom is 0.271 e. The molecule has 200 valence electrons. The summed E-state index contributed by atoms with van der Waals surface area (Å²) in [6, 6.07) is 14.6. The molecule has 0 bridgehead atoms. The van der Waals surface area contributed by atoms with Crippen molar-refractivity contribution >= 4 is 33.7 Å². The zero-order chi connectivity index (χ0) is 27.5. The van der Waals surface area contributed by atoms with Crippen molar-refractivity contribution in [2.45, 2.75) is 26.9 Å². The number of hydrazone groups is 1. The lowest BCUT2D eigenvalue weighted by Gasteiger charge is -2.14. The molecule has 0 atom stereocenters. The van der Waals surface area contributed by atoms with Gasteiger partial charge >= 0.3 is 0 Å². The van der Waals surface area contributed by atoms with Crippen molar-refractivity contribution in [2.75, 3.05) is 20.3 Å². The molecular weight excluding hydrogens is 558 g/mol. The van der Waals surface area contributed by atoms with E-state index in [0.717, 1.165) is 12.0 Å². The highest BCUT2D eigenvalue weighted by Crippen LogP contribution is 2.37. The van der Waals surface area contributed by atoms with Gasteiger partial charge in [-0.15, -0.1) is 0 Å². The number of nitrogens with zero attached hydrogens (tertiary/aromatic N) is 2. The van der Waals surface area contributed by atoms with Crippen molar-refractivity contribution in [2.24, 2.45) is 5.10 Å². The molecule has 0 spiro atoms. The summed E-state index contributed by atoms with van der Waals surface area (Å²) in [5.74, 6) is 1.57. The first-order valence-corrected chi connectivity index (χ1v) is 12.6. The molecule has 0 fully saturated rings. The average Bonchev–Trinajstić information content (AvgIpc) is 2.91. The van der Waals surface area contributed by atoms with Gasteiger partial charge in [0.25, 0.3) is 11.6 Å². The van der Waals surface area contributed by atoms with E-state index in [9.17, 15) is 14.9 Å². The van der Waals surface area contributed by atoms with Gasteiger partial charge in [0.1, 0.15) is 6.61 Å². The van der Waals surface area contributed by atoms with E-state index in [1.54, 1.807) is 42.5 Å². The van der Waals surface area contributed by atoms with Crippen LogP contribution in [0.15, 0.2) is 64.2 Å². The van der Waals surface area contributed by atoms with Crippen molar-refractivity contribution in [3.8, 4) is 23.0 Å². The molecule has 0 aromatic heterocycles. The van der Waals surface area contributed by atoms with Gasteiger partial charge in [0, 0.05) is 17.7 Å². The third-order valence-electron chi connectivity index (χ3n) is 5.13. The summed E-state index contributed by atoms with van der Waals surface area (Å²) in [7, 11) is 1.51. The quantitative estimate of drug-likeness (QED) is 0.150. The Morgan fingerprint density at radius 3 is 2.45 bits per heavy atom. The molecule has 11 heteroatoms. The van der Waals surface area contributed by atoms with Gasteiger partial charge in [-0.1, -0.05) is 6.92 Å². The third-order valence-corrected chi connectivity index (χ3v) is 5.72. The minimum absolute atomic E-state index is 0.0119. The fourth-order valence-corrected chi connectivity index (χ4v) is 3.88. The summed E-state index contributed by atoms with van der Waals surface area (Å²) in [5, 5.41) is 14.9. The first kappa shape index (κ1) is 28.5. The molecule has 0 saturated heterocycles. The number of nitro groups is 1. The summed E-state index contributed by atoms with van der Waals surface area (Å²) in [4.78, 5) is 23.0. The molecule has 0 heterocycles. The summed E-state index contributed by atoms with van der Waals surface area (Å²) < 4.78 is 23.2. The predicted molar refractivity (Wildman–Crippen MR) is 147 cm³/mol. The summed E-state index contributed by atoms with van der Waals surface area (Å²) in [5.41, 5.74) is 4.31. The Morgan fingerprint density at radius 1 is 1.03 bits per heavy atom. The highest BCUT2D eigenvalue weighted by Gasteiger charge is 2.14. The molecule has 1 amide bonds. The van der Waals surface area contributed by atoms with Crippen LogP contribution in [0.1, 0.15) is 41.8 Å². The Morgan fingerprint density at radius 2 is 1.79 bits per heavy atom. The second kappa shape index (κ2) is 14.0. The Hall–Kier alpha value is -4.12. The Labute approximate surface area is 228 Å². The van der Waals surface area contributed by atoms with Crippen LogP contribution in [-0.4, -0.2) is 37.4 Å². The van der Waals surface area contributed by atoms with E-state index in [-0.39, 0.29) is 12.3 Å². The Kier molecular flexibility index (Phi) is 10.5. The molecule has 3 rings (SSSR count). The number of hydrogen-bond donors (Lipinski definition) is 1. The van der Waals surface area contributed by atoms with Gasteiger partial charge < -0.3 is 18.9 Å². The van der Waals surface area contributed by atoms with Crippen LogP contribution in [-0.2, 0) is 6.61 Å². The standard InChI is InChI=1S/C27H28BrN3O7/c1-4-12-37-23-11-8-20(15-24(23)35-3)27(32)30-29-16-19-13-22(28)26(25(14-19)36-5-2)38-17-18-6-9-21(10-7-18)31(33)34/h6-11,13-16H,4-5,12,17H2,1-3H3,(H,30,32)/b29-16+. The fraction of sp³-hybridized carbons (Fsp3) is 0.259. The van der Waals surface area contributed by atoms with E-state index in [4.69, 9.17) is 18.9 Å². The van der Waals surface area contributed by atoms with Gasteiger partial charge in [0.05, 0.1) is 35.9 Å². The highest BCUT2D eigenvalue weighted by molar-refractivity contribution is 9.10. The van der Waals surface area contributed by atoms with E-state index in [1.807, 2.05) is 13.8 Å². The SMILES string of the molecule is CCCOc1ccc(C(=O)N/N=C/c2cc(Br)c(OCc3ccc([N+](=O)[O-])cc3)c(OCC)c2)cc1OC. The van der Waals surface area contributed by atoms with Crippen LogP contribution in [0.4, 0.5) is 5.69 Å². The normalized spacial score (nSPS) is 10.7. The molecule has 0 aliphatic heterocycles. The minimum atomic E-state index is -0.451. The smallest absolute Gasteiger partial charge is 0.271 e. The lowest BCUT2D eigenvalue weighted by Crippen LogP contribution is -2.17. The van der Waals surface area contributed by atoms with E-state index in [1.165, 1.54) is 25.5 Å². The van der Waals surface area contributed by atoms with Crippen molar-refractivity contribution in [1.29, 1.82) is 0 Å². The number of non-ortho nitro benzene ring substituents is 1. The van der Waals surface area contributed by atoms with Gasteiger partial charge in [0.2, 0.25) is 0 Å². The summed E-state index contributed by atoms with van der Waals surface area (Å²) >= 11 is 3.50. The Bertz CT molecular complexity index is 1300. The van der Waals surface area contributed by atoms with Gasteiger partial charge in [-0.2, -0.15) is 5.10 Å². The second-order valence-corrected chi connectivity index (χ2v) is 8.74. The molecule has 10 nitrogen and oxygen atoms in total. The number of methoxy groups -OCH3 is 1. The lowest BCUT2D eigenvalue weighted by molar-refractivity contribution is -0.384. The zero-order valence-corrected chi connectivity index (χ0v) is 22.8. The zero-order valence-electron chi connectivity index (χ0n) is 21.2. The first-order valence-electron chi connectivity index (χ1n) is 11.8. The number of rotatable bonds is 13. The van der Waals surface area contributed by atoms with Crippen molar-refractivity contribution in [1.82, 2.24) is 5.43 Å². The van der Waals surface area contributed by atoms with E-state index in [2.05, 4.69) is 26.5 Å². The van der Waals surface area contributed by atoms with Gasteiger partial charge in [0.15, 0.2) is 23.0 Å². The monoisotopic (exact) mass is 585 g/mol. The van der Waals surface area contributed by atoms with Crippen LogP contribution in [0.3, 0.4) is 0 Å². The maximum atomic E-state index is 12.6. The first-order chi connectivity index (χ1) is 18.4. The van der Waals surface area contributed by atoms with Gasteiger partial charge in [-0.3, -0.25) is 14.9 Å². The van der Waals surface area contributed by atoms with E-state index >= 15 is 0 Å². The molecule has 38 heavy (non-hydrogen) atoms. The summed E-state index contributed by atoms with van der Waals surface area (Å²) in [6.45, 7) is 4.99. The van der Waals surface area contributed by atoms with Crippen LogP contribution >= 0.6 is 15.9 Å². The number of carbonyl (C=O) groups excluding carboxylic acids is 1. The van der Waals surface area contributed by atoms with Crippen molar-refractivity contribution < 1.29 is 28.7 Å². The Balaban J connectivity index is 1.69. The third kappa shape index (κ3) is 7.69. The molecule has 0 aliphatic rings. The molecular formula is C27H28BrN3O7. The number of carbonyl (C=O) groups is 1. The molecule has 3 aromatic rings. The number of benzene rings is 3. The van der Waals surface area contributed by atoms with E-state index < -0.39 is 10.8 Å². The molecule has 0 aliphatic carbocycles. The van der Waals surface area contributed by atoms with Crippen LogP contribution in [0.5, 0.6) is 23.0 Å². The fourth-order valence-electron chi connectivity index (χ4n) is 3.30. The van der Waals surface area contributed by atoms with Crippen LogP contribution in [0.25, 0.3) is 0 Å². The predicted octanol–water partition coefficient (Wildman–Crippen LogP) is 5.90. The van der Waals surface area contributed by atoms with Crippen molar-refractivity contribution in [3.05, 3.63) is 85.9 Å². The number of nitro benzene ring substituents is 1. The molecule has 0 saturated carbocycles. The molecule has 1 N–H and O–H groups in total. The number of halogens is 1. The number of ether oxygens (including phenoxy) is 4. The highest BCUT2D eigenvalue weighted by atomic mass is 79.9. The van der Waals surface area contributed by atoms with Gasteiger partial charge in [-0.25, -0.2) is 5.43 Å². The largest absolute Gasteiger partial charge is 0.493 e. The van der Waals surface area contributed by atoms with Crippen LogP contribution in [0.2, 0.25) is 0 Å². The minimum Gasteiger partial charge on any atom is -0.493 e. The topological polar surface area (TPSA) is 122 Å². The lowest BCUT2D eigenvalue weighted by atomic mass is 10.2. The average molecular weight is 586 g/mol. The van der Waals surface area contributed by atoms with Crippen LogP contribution < -0.4 is 24.4 Å². The van der Waals surface area contributed by atoms with Crippen molar-refractivity contribution in [3.63, 3.8) is 0 Å². The number of hydrogen-bond acceptors (Lipinski definition) is 8. The van der Waals surface area contributed by atoms with E-state index in [0.29, 0.717) is 51.8 Å². The van der Waals surface area contributed by atoms with Crippen LogP contribution in [0, 0.1) is 10.1 Å². The maximum absolute atomic E-state index is 12.6. The molecule has 3 aromatic carbocycles. The number of nitrogens with one attached hydrogen (secondary N) is 1. The molecule has 0 unspecified atom stereocenters. The number of amides is 1. The summed E-state index contributed by atoms with van der Waals surface area (Å²) in [6.07, 6.45) is 2.34. The molecule has 0 radical (unpaired) electrons. The second-order valence-electron chi connectivity index (χ2n) is 7.89. The van der Waals surface area contributed by atoms with Gasteiger partial charge in [-0.05, 0) is 82.9 Å².